The molecule has 70 valence electrons. The average Bonchev–Trinajstić information content (AvgIpc) is 2.67. The first-order chi connectivity index (χ1) is 6.79. The Kier molecular flexibility index (Phi) is 1.98. The zero-order chi connectivity index (χ0) is 9.97. The summed E-state index contributed by atoms with van der Waals surface area (Å²) in [5.74, 6) is 0. The molecule has 1 N–H and O–H groups in total. The first-order valence-corrected chi connectivity index (χ1v) is 4.02. The van der Waals surface area contributed by atoms with E-state index in [1.54, 1.807) is 12.1 Å². The minimum Gasteiger partial charge on any atom is -0.271 e. The highest BCUT2D eigenvalue weighted by atomic mass is 16.6. The molecule has 0 fully saturated rings. The van der Waals surface area contributed by atoms with E-state index >= 15 is 0 Å². The summed E-state index contributed by atoms with van der Waals surface area (Å²) in [5.41, 5.74) is 1.20. The predicted octanol–water partition coefficient (Wildman–Crippen LogP) is 1.98. The Morgan fingerprint density at radius 1 is 1.29 bits per heavy atom. The van der Waals surface area contributed by atoms with Gasteiger partial charge in [-0.3, -0.25) is 15.2 Å². The van der Waals surface area contributed by atoms with E-state index in [1.165, 1.54) is 6.20 Å². The van der Waals surface area contributed by atoms with E-state index in [-0.39, 0.29) is 5.69 Å². The number of hydrogen-bond donors (Lipinski definition) is 1. The Labute approximate surface area is 79.5 Å². The van der Waals surface area contributed by atoms with Crippen molar-refractivity contribution in [2.24, 2.45) is 0 Å². The molecule has 2 aromatic rings. The lowest BCUT2D eigenvalue weighted by Gasteiger charge is -1.95. The number of benzene rings is 1. The van der Waals surface area contributed by atoms with Gasteiger partial charge in [0.2, 0.25) is 0 Å². The van der Waals surface area contributed by atoms with Gasteiger partial charge in [-0.2, -0.15) is 5.10 Å². The van der Waals surface area contributed by atoms with Gasteiger partial charge in [-0.05, 0) is 0 Å². The highest BCUT2D eigenvalue weighted by molar-refractivity contribution is 5.68. The summed E-state index contributed by atoms with van der Waals surface area (Å²) in [7, 11) is 0. The molecular formula is C9H7N3O2. The Hall–Kier alpha value is -2.17. The lowest BCUT2D eigenvalue weighted by Crippen LogP contribution is -1.88. The number of H-pyrrole nitrogens is 1. The van der Waals surface area contributed by atoms with Crippen LogP contribution in [0.4, 0.5) is 5.69 Å². The number of aromatic nitrogens is 2. The van der Waals surface area contributed by atoms with Gasteiger partial charge >= 0.3 is 5.69 Å². The number of aromatic amines is 1. The lowest BCUT2D eigenvalue weighted by atomic mass is 10.1. The monoisotopic (exact) mass is 189 g/mol. The van der Waals surface area contributed by atoms with Crippen LogP contribution in [0.5, 0.6) is 0 Å². The SMILES string of the molecule is O=[N+]([O-])c1cn[nH]c1-c1ccccc1. The van der Waals surface area contributed by atoms with Gasteiger partial charge in [-0.15, -0.1) is 0 Å². The molecule has 0 bridgehead atoms. The smallest absolute Gasteiger partial charge is 0.271 e. The van der Waals surface area contributed by atoms with E-state index in [9.17, 15) is 10.1 Å². The van der Waals surface area contributed by atoms with E-state index in [2.05, 4.69) is 10.2 Å². The highest BCUT2D eigenvalue weighted by Crippen LogP contribution is 2.26. The average molecular weight is 189 g/mol. The van der Waals surface area contributed by atoms with Crippen LogP contribution in [0.2, 0.25) is 0 Å². The molecule has 0 saturated heterocycles. The Balaban J connectivity index is 2.52. The van der Waals surface area contributed by atoms with Crippen molar-refractivity contribution >= 4 is 5.69 Å². The molecule has 0 radical (unpaired) electrons. The minimum atomic E-state index is -0.453. The minimum absolute atomic E-state index is 0.00352. The Morgan fingerprint density at radius 3 is 2.64 bits per heavy atom. The number of nitro groups is 1. The predicted molar refractivity (Wildman–Crippen MR) is 50.7 cm³/mol. The maximum absolute atomic E-state index is 10.6. The third-order valence-electron chi connectivity index (χ3n) is 1.88. The van der Waals surface area contributed by atoms with Crippen molar-refractivity contribution in [3.63, 3.8) is 0 Å². The van der Waals surface area contributed by atoms with Gasteiger partial charge < -0.3 is 0 Å². The van der Waals surface area contributed by atoms with Crippen molar-refractivity contribution in [1.82, 2.24) is 10.2 Å². The summed E-state index contributed by atoms with van der Waals surface area (Å²) < 4.78 is 0. The lowest BCUT2D eigenvalue weighted by molar-refractivity contribution is -0.384. The summed E-state index contributed by atoms with van der Waals surface area (Å²) in [6, 6.07) is 9.08. The van der Waals surface area contributed by atoms with Crippen LogP contribution in [0.3, 0.4) is 0 Å². The van der Waals surface area contributed by atoms with Crippen LogP contribution in [0, 0.1) is 10.1 Å². The third-order valence-corrected chi connectivity index (χ3v) is 1.88. The largest absolute Gasteiger partial charge is 0.314 e. The summed E-state index contributed by atoms with van der Waals surface area (Å²) in [5, 5.41) is 16.9. The van der Waals surface area contributed by atoms with Crippen LogP contribution < -0.4 is 0 Å². The zero-order valence-corrected chi connectivity index (χ0v) is 7.18. The van der Waals surface area contributed by atoms with Crippen LogP contribution in [-0.2, 0) is 0 Å². The van der Waals surface area contributed by atoms with Gasteiger partial charge in [-0.25, -0.2) is 0 Å². The maximum Gasteiger partial charge on any atom is 0.314 e. The number of nitrogens with one attached hydrogen (secondary N) is 1. The van der Waals surface area contributed by atoms with Gasteiger partial charge in [0.05, 0.1) is 4.92 Å². The molecular weight excluding hydrogens is 182 g/mol. The summed E-state index contributed by atoms with van der Waals surface area (Å²) in [4.78, 5) is 10.1. The fourth-order valence-electron chi connectivity index (χ4n) is 1.24. The van der Waals surface area contributed by atoms with Gasteiger partial charge in [0.25, 0.3) is 0 Å². The van der Waals surface area contributed by atoms with E-state index in [1.807, 2.05) is 18.2 Å². The maximum atomic E-state index is 10.6. The molecule has 1 aromatic carbocycles. The molecule has 0 spiro atoms. The summed E-state index contributed by atoms with van der Waals surface area (Å²) in [6.45, 7) is 0. The fourth-order valence-corrected chi connectivity index (χ4v) is 1.24. The molecule has 0 aliphatic carbocycles. The van der Waals surface area contributed by atoms with E-state index in [4.69, 9.17) is 0 Å². The van der Waals surface area contributed by atoms with E-state index in [0.29, 0.717) is 5.69 Å². The van der Waals surface area contributed by atoms with Gasteiger partial charge in [-0.1, -0.05) is 30.3 Å². The Morgan fingerprint density at radius 2 is 2.00 bits per heavy atom. The molecule has 1 aromatic heterocycles. The second-order valence-electron chi connectivity index (χ2n) is 2.75. The second kappa shape index (κ2) is 3.29. The number of rotatable bonds is 2. The highest BCUT2D eigenvalue weighted by Gasteiger charge is 2.16. The molecule has 0 aliphatic rings. The van der Waals surface area contributed by atoms with Crippen molar-refractivity contribution < 1.29 is 4.92 Å². The first kappa shape index (κ1) is 8.43. The molecule has 1 heterocycles. The third kappa shape index (κ3) is 1.35. The second-order valence-corrected chi connectivity index (χ2v) is 2.75. The van der Waals surface area contributed by atoms with Crippen molar-refractivity contribution in [3.8, 4) is 11.3 Å². The zero-order valence-electron chi connectivity index (χ0n) is 7.18. The van der Waals surface area contributed by atoms with Crippen molar-refractivity contribution in [1.29, 1.82) is 0 Å². The first-order valence-electron chi connectivity index (χ1n) is 4.02. The molecule has 0 saturated carbocycles. The summed E-state index contributed by atoms with van der Waals surface area (Å²) in [6.07, 6.45) is 1.21. The molecule has 0 amide bonds. The van der Waals surface area contributed by atoms with Crippen LogP contribution in [0.1, 0.15) is 0 Å². The number of hydrogen-bond acceptors (Lipinski definition) is 3. The van der Waals surface area contributed by atoms with Crippen molar-refractivity contribution in [2.45, 2.75) is 0 Å². The van der Waals surface area contributed by atoms with Crippen LogP contribution in [-0.4, -0.2) is 15.1 Å². The molecule has 14 heavy (non-hydrogen) atoms. The molecule has 0 unspecified atom stereocenters. The van der Waals surface area contributed by atoms with Gasteiger partial charge in [0, 0.05) is 5.56 Å². The van der Waals surface area contributed by atoms with Gasteiger partial charge in [0.1, 0.15) is 11.9 Å². The summed E-state index contributed by atoms with van der Waals surface area (Å²) >= 11 is 0. The molecule has 0 aliphatic heterocycles. The van der Waals surface area contributed by atoms with Crippen LogP contribution in [0.25, 0.3) is 11.3 Å². The van der Waals surface area contributed by atoms with Crippen molar-refractivity contribution in [2.75, 3.05) is 0 Å². The Bertz CT molecular complexity index is 450. The van der Waals surface area contributed by atoms with Crippen molar-refractivity contribution in [3.05, 3.63) is 46.6 Å². The topological polar surface area (TPSA) is 71.8 Å². The van der Waals surface area contributed by atoms with E-state index in [0.717, 1.165) is 5.56 Å². The molecule has 5 nitrogen and oxygen atoms in total. The quantitative estimate of drug-likeness (QED) is 0.580. The molecule has 5 heteroatoms. The standard InChI is InChI=1S/C9H7N3O2/c13-12(14)8-6-10-11-9(8)7-4-2-1-3-5-7/h1-6H,(H,10,11). The van der Waals surface area contributed by atoms with Crippen LogP contribution in [0.15, 0.2) is 36.5 Å². The van der Waals surface area contributed by atoms with Gasteiger partial charge in [0.15, 0.2) is 0 Å². The normalized spacial score (nSPS) is 10.0. The molecule has 0 atom stereocenters. The van der Waals surface area contributed by atoms with E-state index < -0.39 is 4.92 Å². The fraction of sp³-hybridized carbons (Fsp3) is 0. The number of nitrogens with zero attached hydrogens (tertiary/aromatic N) is 2. The molecule has 2 rings (SSSR count). The van der Waals surface area contributed by atoms with Crippen LogP contribution >= 0.6 is 0 Å².